The minimum Gasteiger partial charge on any atom is -0.406 e. The van der Waals surface area contributed by atoms with E-state index in [2.05, 4.69) is 19.6 Å². The number of aromatic nitrogens is 4. The van der Waals surface area contributed by atoms with Gasteiger partial charge < -0.3 is 19.1 Å². The molecule has 0 unspecified atom stereocenters. The SMILES string of the molecule is Cn1c(-c2ccc(OC(F)(F)F)cc2)nc(-c2cncnc2)c1C(=O)N1CCC(N2CCCC2)CC1. The summed E-state index contributed by atoms with van der Waals surface area (Å²) in [5, 5.41) is 0. The number of imidazole rings is 1. The Morgan fingerprint density at radius 3 is 2.22 bits per heavy atom. The number of benzene rings is 1. The van der Waals surface area contributed by atoms with Crippen molar-refractivity contribution >= 4 is 5.91 Å². The molecule has 8 nitrogen and oxygen atoms in total. The topological polar surface area (TPSA) is 76.4 Å². The molecule has 2 fully saturated rings. The van der Waals surface area contributed by atoms with Gasteiger partial charge in [0, 0.05) is 49.7 Å². The Hall–Kier alpha value is -3.47. The number of piperidine rings is 1. The van der Waals surface area contributed by atoms with E-state index >= 15 is 0 Å². The first-order valence-corrected chi connectivity index (χ1v) is 12.0. The molecule has 2 saturated heterocycles. The van der Waals surface area contributed by atoms with Crippen LogP contribution in [0.2, 0.25) is 0 Å². The summed E-state index contributed by atoms with van der Waals surface area (Å²) < 4.78 is 43.3. The number of halogens is 3. The third-order valence-electron chi connectivity index (χ3n) is 6.89. The molecule has 4 heterocycles. The van der Waals surface area contributed by atoms with Crippen LogP contribution >= 0.6 is 0 Å². The van der Waals surface area contributed by atoms with E-state index in [1.807, 2.05) is 4.90 Å². The Labute approximate surface area is 206 Å². The lowest BCUT2D eigenvalue weighted by atomic mass is 10.0. The van der Waals surface area contributed by atoms with Gasteiger partial charge in [-0.25, -0.2) is 15.0 Å². The highest BCUT2D eigenvalue weighted by Crippen LogP contribution is 2.32. The molecule has 190 valence electrons. The number of hydrogen-bond donors (Lipinski definition) is 0. The number of rotatable bonds is 5. The van der Waals surface area contributed by atoms with Crippen molar-refractivity contribution in [3.63, 3.8) is 0 Å². The number of alkyl halides is 3. The molecule has 1 aromatic carbocycles. The molecular formula is C25H27F3N6O2. The van der Waals surface area contributed by atoms with Gasteiger partial charge in [0.25, 0.3) is 5.91 Å². The van der Waals surface area contributed by atoms with Crippen LogP contribution in [0.1, 0.15) is 36.2 Å². The van der Waals surface area contributed by atoms with Gasteiger partial charge in [-0.1, -0.05) is 0 Å². The normalized spacial score (nSPS) is 17.5. The van der Waals surface area contributed by atoms with Crippen molar-refractivity contribution in [1.82, 2.24) is 29.3 Å². The van der Waals surface area contributed by atoms with Crippen molar-refractivity contribution < 1.29 is 22.7 Å². The Morgan fingerprint density at radius 2 is 1.61 bits per heavy atom. The fourth-order valence-electron chi connectivity index (χ4n) is 5.12. The van der Waals surface area contributed by atoms with Crippen molar-refractivity contribution in [3.8, 4) is 28.4 Å². The molecule has 11 heteroatoms. The van der Waals surface area contributed by atoms with Crippen molar-refractivity contribution in [2.45, 2.75) is 38.1 Å². The molecule has 0 bridgehead atoms. The van der Waals surface area contributed by atoms with Crippen molar-refractivity contribution in [3.05, 3.63) is 48.7 Å². The Bertz CT molecular complexity index is 1200. The largest absolute Gasteiger partial charge is 0.573 e. The van der Waals surface area contributed by atoms with Crippen molar-refractivity contribution in [2.75, 3.05) is 26.2 Å². The van der Waals surface area contributed by atoms with Crippen LogP contribution in [0, 0.1) is 0 Å². The fourth-order valence-corrected chi connectivity index (χ4v) is 5.12. The van der Waals surface area contributed by atoms with Gasteiger partial charge in [0.2, 0.25) is 0 Å². The molecule has 5 rings (SSSR count). The molecule has 0 spiro atoms. The lowest BCUT2D eigenvalue weighted by Gasteiger charge is -2.36. The average molecular weight is 501 g/mol. The zero-order valence-electron chi connectivity index (χ0n) is 19.9. The third kappa shape index (κ3) is 5.06. The van der Waals surface area contributed by atoms with E-state index in [0.29, 0.717) is 47.5 Å². The molecule has 0 atom stereocenters. The van der Waals surface area contributed by atoms with Crippen LogP contribution in [0.3, 0.4) is 0 Å². The van der Waals surface area contributed by atoms with E-state index in [1.165, 1.54) is 43.4 Å². The average Bonchev–Trinajstić information content (AvgIpc) is 3.52. The van der Waals surface area contributed by atoms with Gasteiger partial charge in [-0.05, 0) is 63.0 Å². The Morgan fingerprint density at radius 1 is 0.972 bits per heavy atom. The molecule has 0 N–H and O–H groups in total. The summed E-state index contributed by atoms with van der Waals surface area (Å²) in [7, 11) is 1.74. The lowest BCUT2D eigenvalue weighted by Crippen LogP contribution is -2.46. The first-order valence-electron chi connectivity index (χ1n) is 12.0. The Balaban J connectivity index is 1.44. The van der Waals surface area contributed by atoms with Gasteiger partial charge in [-0.2, -0.15) is 0 Å². The monoisotopic (exact) mass is 500 g/mol. The zero-order valence-corrected chi connectivity index (χ0v) is 19.9. The molecule has 36 heavy (non-hydrogen) atoms. The standard InChI is InChI=1S/C25H27F3N6O2/c1-32-22(24(35)34-12-8-19(9-13-34)33-10-2-3-11-33)21(18-14-29-16-30-15-18)31-23(32)17-4-6-20(7-5-17)36-25(26,27)28/h4-7,14-16,19H,2-3,8-13H2,1H3. The second-order valence-electron chi connectivity index (χ2n) is 9.16. The number of carbonyl (C=O) groups is 1. The van der Waals surface area contributed by atoms with Gasteiger partial charge >= 0.3 is 6.36 Å². The van der Waals surface area contributed by atoms with E-state index in [9.17, 15) is 18.0 Å². The second kappa shape index (κ2) is 9.88. The van der Waals surface area contributed by atoms with Gasteiger partial charge in [0.15, 0.2) is 0 Å². The van der Waals surface area contributed by atoms with E-state index in [1.54, 1.807) is 24.0 Å². The minimum absolute atomic E-state index is 0.132. The number of nitrogens with zero attached hydrogens (tertiary/aromatic N) is 6. The van der Waals surface area contributed by atoms with Gasteiger partial charge in [0.1, 0.15) is 29.3 Å². The van der Waals surface area contributed by atoms with Gasteiger partial charge in [-0.15, -0.1) is 13.2 Å². The van der Waals surface area contributed by atoms with E-state index in [0.717, 1.165) is 25.9 Å². The highest BCUT2D eigenvalue weighted by molar-refractivity contribution is 5.99. The minimum atomic E-state index is -4.77. The quantitative estimate of drug-likeness (QED) is 0.524. The highest BCUT2D eigenvalue weighted by atomic mass is 19.4. The second-order valence-corrected chi connectivity index (χ2v) is 9.16. The summed E-state index contributed by atoms with van der Waals surface area (Å²) >= 11 is 0. The number of hydrogen-bond acceptors (Lipinski definition) is 6. The summed E-state index contributed by atoms with van der Waals surface area (Å²) in [5.74, 6) is -0.0102. The van der Waals surface area contributed by atoms with Crippen molar-refractivity contribution in [2.24, 2.45) is 7.05 Å². The number of likely N-dealkylation sites (tertiary alicyclic amines) is 2. The number of amides is 1. The maximum absolute atomic E-state index is 13.8. The maximum atomic E-state index is 13.8. The third-order valence-corrected chi connectivity index (χ3v) is 6.89. The van der Waals surface area contributed by atoms with Crippen LogP contribution < -0.4 is 4.74 Å². The number of carbonyl (C=O) groups excluding carboxylic acids is 1. The maximum Gasteiger partial charge on any atom is 0.573 e. The van der Waals surface area contributed by atoms with Gasteiger partial charge in [-0.3, -0.25) is 4.79 Å². The van der Waals surface area contributed by atoms with Crippen LogP contribution in [0.15, 0.2) is 43.0 Å². The first-order chi connectivity index (χ1) is 17.3. The number of ether oxygens (including phenoxy) is 1. The smallest absolute Gasteiger partial charge is 0.406 e. The molecule has 2 aliphatic rings. The summed E-state index contributed by atoms with van der Waals surface area (Å²) in [5.41, 5.74) is 1.98. The van der Waals surface area contributed by atoms with Crippen LogP contribution in [0.5, 0.6) is 5.75 Å². The predicted molar refractivity (Wildman–Crippen MR) is 126 cm³/mol. The zero-order chi connectivity index (χ0) is 25.3. The molecule has 0 aliphatic carbocycles. The van der Waals surface area contributed by atoms with E-state index in [4.69, 9.17) is 4.98 Å². The van der Waals surface area contributed by atoms with Crippen LogP contribution in [-0.4, -0.2) is 73.8 Å². The molecule has 2 aliphatic heterocycles. The summed E-state index contributed by atoms with van der Waals surface area (Å²) in [6, 6.07) is 5.95. The highest BCUT2D eigenvalue weighted by Gasteiger charge is 2.33. The molecule has 2 aromatic heterocycles. The molecular weight excluding hydrogens is 473 g/mol. The van der Waals surface area contributed by atoms with E-state index in [-0.39, 0.29) is 11.7 Å². The fraction of sp³-hybridized carbons (Fsp3) is 0.440. The summed E-state index contributed by atoms with van der Waals surface area (Å²) in [4.78, 5) is 31.0. The molecule has 0 radical (unpaired) electrons. The van der Waals surface area contributed by atoms with Gasteiger partial charge in [0.05, 0.1) is 0 Å². The molecule has 1 amide bonds. The van der Waals surface area contributed by atoms with Crippen LogP contribution in [0.25, 0.3) is 22.6 Å². The van der Waals surface area contributed by atoms with Crippen LogP contribution in [0.4, 0.5) is 13.2 Å². The summed E-state index contributed by atoms with van der Waals surface area (Å²) in [6.07, 6.45) is 4.16. The van der Waals surface area contributed by atoms with Crippen LogP contribution in [-0.2, 0) is 7.05 Å². The Kier molecular flexibility index (Phi) is 6.65. The molecule has 3 aromatic rings. The summed E-state index contributed by atoms with van der Waals surface area (Å²) in [6.45, 7) is 3.59. The lowest BCUT2D eigenvalue weighted by molar-refractivity contribution is -0.274. The van der Waals surface area contributed by atoms with E-state index < -0.39 is 6.36 Å². The molecule has 0 saturated carbocycles. The van der Waals surface area contributed by atoms with Crippen molar-refractivity contribution in [1.29, 1.82) is 0 Å². The first kappa shape index (κ1) is 24.2. The predicted octanol–water partition coefficient (Wildman–Crippen LogP) is 4.14.